The minimum Gasteiger partial charge on any atom is -0.314 e. The average molecular weight is 323 g/mol. The number of amides is 2. The van der Waals surface area contributed by atoms with Crippen LogP contribution in [0.25, 0.3) is 0 Å². The van der Waals surface area contributed by atoms with E-state index in [9.17, 15) is 13.2 Å². The number of unbranched alkanes of at least 4 members (excludes halogenated alkanes) is 1. The number of primary sulfonamides is 1. The molecule has 0 aromatic heterocycles. The summed E-state index contributed by atoms with van der Waals surface area (Å²) in [6.45, 7) is 2.68. The summed E-state index contributed by atoms with van der Waals surface area (Å²) in [5.41, 5.74) is 0.415. The van der Waals surface area contributed by atoms with E-state index < -0.39 is 10.0 Å². The van der Waals surface area contributed by atoms with Crippen LogP contribution in [0.5, 0.6) is 0 Å². The molecule has 0 spiro atoms. The Morgan fingerprint density at radius 3 is 2.91 bits per heavy atom. The van der Waals surface area contributed by atoms with E-state index in [1.807, 2.05) is 12.2 Å². The number of nitrogens with one attached hydrogen (secondary N) is 1. The highest BCUT2D eigenvalue weighted by atomic mass is 32.2. The summed E-state index contributed by atoms with van der Waals surface area (Å²) in [6.07, 6.45) is 7.07. The van der Waals surface area contributed by atoms with Gasteiger partial charge in [0.2, 0.25) is 10.0 Å². The lowest BCUT2D eigenvalue weighted by atomic mass is 10.1. The molecule has 0 radical (unpaired) electrons. The van der Waals surface area contributed by atoms with Crippen LogP contribution in [0.15, 0.2) is 41.3 Å². The van der Waals surface area contributed by atoms with Crippen molar-refractivity contribution in [2.45, 2.75) is 37.1 Å². The first kappa shape index (κ1) is 16.5. The van der Waals surface area contributed by atoms with E-state index in [4.69, 9.17) is 5.14 Å². The summed E-state index contributed by atoms with van der Waals surface area (Å²) in [7, 11) is -3.78. The van der Waals surface area contributed by atoms with Gasteiger partial charge in [0.1, 0.15) is 0 Å². The molecule has 1 heterocycles. The van der Waals surface area contributed by atoms with Crippen molar-refractivity contribution in [2.75, 3.05) is 11.9 Å². The Balaban J connectivity index is 2.06. The quantitative estimate of drug-likeness (QED) is 0.814. The smallest absolute Gasteiger partial charge is 0.314 e. The van der Waals surface area contributed by atoms with Gasteiger partial charge in [-0.15, -0.1) is 0 Å². The fourth-order valence-electron chi connectivity index (χ4n) is 2.42. The Labute approximate surface area is 131 Å². The minimum absolute atomic E-state index is 0.0209. The van der Waals surface area contributed by atoms with Gasteiger partial charge < -0.3 is 10.2 Å². The molecular weight excluding hydrogens is 302 g/mol. The number of nitrogens with zero attached hydrogens (tertiary/aromatic N) is 1. The van der Waals surface area contributed by atoms with E-state index in [-0.39, 0.29) is 17.0 Å². The monoisotopic (exact) mass is 323 g/mol. The summed E-state index contributed by atoms with van der Waals surface area (Å²) < 4.78 is 22.7. The molecule has 0 fully saturated rings. The Hall–Kier alpha value is -1.86. The van der Waals surface area contributed by atoms with E-state index in [1.54, 1.807) is 17.0 Å². The summed E-state index contributed by atoms with van der Waals surface area (Å²) in [5, 5.41) is 7.82. The van der Waals surface area contributed by atoms with Crippen LogP contribution in [0.2, 0.25) is 0 Å². The molecule has 1 aliphatic rings. The summed E-state index contributed by atoms with van der Waals surface area (Å²) in [4.78, 5) is 14.1. The molecule has 7 heteroatoms. The van der Waals surface area contributed by atoms with Gasteiger partial charge in [-0.05, 0) is 24.6 Å². The van der Waals surface area contributed by atoms with Crippen molar-refractivity contribution in [2.24, 2.45) is 5.14 Å². The summed E-state index contributed by atoms with van der Waals surface area (Å²) in [5.74, 6) is 0. The number of carbonyl (C=O) groups is 1. The van der Waals surface area contributed by atoms with Gasteiger partial charge in [0.15, 0.2) is 0 Å². The van der Waals surface area contributed by atoms with Crippen LogP contribution in [-0.4, -0.2) is 31.9 Å². The molecule has 2 amide bonds. The van der Waals surface area contributed by atoms with Crippen molar-refractivity contribution in [3.8, 4) is 0 Å². The average Bonchev–Trinajstić information content (AvgIpc) is 2.93. The second-order valence-electron chi connectivity index (χ2n) is 5.29. The minimum atomic E-state index is -3.78. The lowest BCUT2D eigenvalue weighted by Crippen LogP contribution is -2.39. The van der Waals surface area contributed by atoms with Crippen LogP contribution in [-0.2, 0) is 10.0 Å². The zero-order chi connectivity index (χ0) is 16.2. The number of anilines is 1. The third-order valence-corrected chi connectivity index (χ3v) is 4.50. The molecule has 22 heavy (non-hydrogen) atoms. The number of benzene rings is 1. The largest absolute Gasteiger partial charge is 0.322 e. The Kier molecular flexibility index (Phi) is 5.20. The predicted octanol–water partition coefficient (Wildman–Crippen LogP) is 2.30. The molecule has 6 nitrogen and oxygen atoms in total. The molecule has 0 unspecified atom stereocenters. The first-order chi connectivity index (χ1) is 10.4. The van der Waals surface area contributed by atoms with Crippen LogP contribution < -0.4 is 10.5 Å². The van der Waals surface area contributed by atoms with Gasteiger partial charge in [0.25, 0.3) is 0 Å². The zero-order valence-corrected chi connectivity index (χ0v) is 13.3. The van der Waals surface area contributed by atoms with Crippen molar-refractivity contribution in [1.29, 1.82) is 0 Å². The number of hydrogen-bond donors (Lipinski definition) is 2. The van der Waals surface area contributed by atoms with Crippen molar-refractivity contribution in [1.82, 2.24) is 4.90 Å². The standard InChI is InChI=1S/C15H21N3O3S/c1-2-3-7-13-8-5-10-18(13)15(19)17-12-6-4-9-14(11-12)22(16,20)21/h4-6,8-9,11,13H,2-3,7,10H2,1H3,(H,17,19)(H2,16,20,21)/t13-/m1/s1. The van der Waals surface area contributed by atoms with Gasteiger partial charge in [-0.3, -0.25) is 0 Å². The Morgan fingerprint density at radius 1 is 1.45 bits per heavy atom. The third-order valence-electron chi connectivity index (χ3n) is 3.59. The van der Waals surface area contributed by atoms with Crippen LogP contribution in [0, 0.1) is 0 Å². The highest BCUT2D eigenvalue weighted by molar-refractivity contribution is 7.89. The molecule has 2 rings (SSSR count). The number of urea groups is 1. The second kappa shape index (κ2) is 6.93. The van der Waals surface area contributed by atoms with E-state index in [1.165, 1.54) is 12.1 Å². The fourth-order valence-corrected chi connectivity index (χ4v) is 2.98. The summed E-state index contributed by atoms with van der Waals surface area (Å²) in [6, 6.07) is 5.80. The van der Waals surface area contributed by atoms with E-state index >= 15 is 0 Å². The first-order valence-corrected chi connectivity index (χ1v) is 8.83. The third kappa shape index (κ3) is 4.08. The normalized spacial score (nSPS) is 17.7. The molecule has 1 atom stereocenters. The molecule has 1 aliphatic heterocycles. The van der Waals surface area contributed by atoms with Gasteiger partial charge in [0.05, 0.1) is 10.9 Å². The van der Waals surface area contributed by atoms with Crippen LogP contribution in [0.1, 0.15) is 26.2 Å². The van der Waals surface area contributed by atoms with Gasteiger partial charge >= 0.3 is 6.03 Å². The Morgan fingerprint density at radius 2 is 2.23 bits per heavy atom. The van der Waals surface area contributed by atoms with Crippen LogP contribution in [0.3, 0.4) is 0 Å². The SMILES string of the molecule is CCCC[C@@H]1C=CCN1C(=O)Nc1cccc(S(N)(=O)=O)c1. The maximum atomic E-state index is 12.3. The number of sulfonamides is 1. The number of hydrogen-bond acceptors (Lipinski definition) is 3. The van der Waals surface area contributed by atoms with Crippen LogP contribution in [0.4, 0.5) is 10.5 Å². The highest BCUT2D eigenvalue weighted by Gasteiger charge is 2.24. The van der Waals surface area contributed by atoms with Crippen molar-refractivity contribution < 1.29 is 13.2 Å². The number of nitrogens with two attached hydrogens (primary N) is 1. The van der Waals surface area contributed by atoms with E-state index in [2.05, 4.69) is 12.2 Å². The predicted molar refractivity (Wildman–Crippen MR) is 86.0 cm³/mol. The van der Waals surface area contributed by atoms with Gasteiger partial charge in [-0.1, -0.05) is 38.0 Å². The molecule has 1 aromatic carbocycles. The lowest BCUT2D eigenvalue weighted by Gasteiger charge is -2.25. The molecule has 0 aliphatic carbocycles. The molecule has 120 valence electrons. The van der Waals surface area contributed by atoms with E-state index in [0.29, 0.717) is 12.2 Å². The zero-order valence-electron chi connectivity index (χ0n) is 12.5. The topological polar surface area (TPSA) is 92.5 Å². The van der Waals surface area contributed by atoms with Crippen LogP contribution >= 0.6 is 0 Å². The molecule has 0 bridgehead atoms. The molecule has 0 saturated carbocycles. The second-order valence-corrected chi connectivity index (χ2v) is 6.85. The first-order valence-electron chi connectivity index (χ1n) is 7.29. The molecule has 1 aromatic rings. The highest BCUT2D eigenvalue weighted by Crippen LogP contribution is 2.19. The number of carbonyl (C=O) groups excluding carboxylic acids is 1. The van der Waals surface area contributed by atoms with Gasteiger partial charge in [-0.25, -0.2) is 18.4 Å². The lowest BCUT2D eigenvalue weighted by molar-refractivity contribution is 0.208. The molecule has 0 saturated heterocycles. The maximum Gasteiger partial charge on any atom is 0.322 e. The Bertz CT molecular complexity index is 670. The maximum absolute atomic E-state index is 12.3. The van der Waals surface area contributed by atoms with Crippen molar-refractivity contribution in [3.63, 3.8) is 0 Å². The fraction of sp³-hybridized carbons (Fsp3) is 0.400. The van der Waals surface area contributed by atoms with Crippen molar-refractivity contribution in [3.05, 3.63) is 36.4 Å². The van der Waals surface area contributed by atoms with Gasteiger partial charge in [-0.2, -0.15) is 0 Å². The number of rotatable bonds is 5. The van der Waals surface area contributed by atoms with E-state index in [0.717, 1.165) is 19.3 Å². The molecule has 3 N–H and O–H groups in total. The van der Waals surface area contributed by atoms with Crippen molar-refractivity contribution >= 4 is 21.7 Å². The van der Waals surface area contributed by atoms with Gasteiger partial charge in [0, 0.05) is 12.2 Å². The summed E-state index contributed by atoms with van der Waals surface area (Å²) >= 11 is 0. The molecular formula is C15H21N3O3S.